The van der Waals surface area contributed by atoms with Gasteiger partial charge in [-0.3, -0.25) is 9.79 Å². The molecule has 0 radical (unpaired) electrons. The number of nitrogens with one attached hydrogen (secondary N) is 1. The maximum absolute atomic E-state index is 13.9. The van der Waals surface area contributed by atoms with Crippen LogP contribution >= 0.6 is 11.8 Å². The van der Waals surface area contributed by atoms with Crippen LogP contribution in [0.1, 0.15) is 34.8 Å². The van der Waals surface area contributed by atoms with Gasteiger partial charge in [-0.05, 0) is 50.1 Å². The number of carbonyl (C=O) groups is 1. The zero-order valence-corrected chi connectivity index (χ0v) is 15.0. The molecule has 2 aromatic carbocycles. The average Bonchev–Trinajstić information content (AvgIpc) is 2.57. The maximum Gasteiger partial charge on any atom is 0.258 e. The first-order chi connectivity index (χ1) is 11.9. The summed E-state index contributed by atoms with van der Waals surface area (Å²) >= 11 is 1.55. The molecule has 3 rings (SSSR count). The van der Waals surface area contributed by atoms with Crippen molar-refractivity contribution in [3.63, 3.8) is 0 Å². The lowest BCUT2D eigenvalue weighted by molar-refractivity contribution is 0.102. The molecule has 0 aliphatic carbocycles. The Hall–Kier alpha value is -2.34. The number of benzene rings is 2. The van der Waals surface area contributed by atoms with Crippen LogP contribution in [0.2, 0.25) is 0 Å². The maximum atomic E-state index is 13.9. The number of nitrogens with zero attached hydrogens (tertiary/aromatic N) is 1. The smallest absolute Gasteiger partial charge is 0.258 e. The van der Waals surface area contributed by atoms with Gasteiger partial charge < -0.3 is 11.1 Å². The molecule has 25 heavy (non-hydrogen) atoms. The van der Waals surface area contributed by atoms with E-state index in [0.717, 1.165) is 23.3 Å². The molecule has 0 saturated carbocycles. The molecule has 1 heterocycles. The fourth-order valence-corrected chi connectivity index (χ4v) is 3.81. The topological polar surface area (TPSA) is 67.5 Å². The number of nitrogens with two attached hydrogens (primary N) is 1. The Kier molecular flexibility index (Phi) is 4.81. The van der Waals surface area contributed by atoms with Gasteiger partial charge >= 0.3 is 0 Å². The first-order valence-corrected chi connectivity index (χ1v) is 9.02. The molecule has 1 atom stereocenters. The second kappa shape index (κ2) is 6.88. The van der Waals surface area contributed by atoms with Gasteiger partial charge in [0.1, 0.15) is 5.82 Å². The van der Waals surface area contributed by atoms with Crippen LogP contribution in [-0.2, 0) is 5.54 Å². The summed E-state index contributed by atoms with van der Waals surface area (Å²) in [6.45, 7) is 3.85. The highest BCUT2D eigenvalue weighted by molar-refractivity contribution is 8.13. The van der Waals surface area contributed by atoms with Crippen molar-refractivity contribution in [2.45, 2.75) is 25.8 Å². The van der Waals surface area contributed by atoms with Gasteiger partial charge in [-0.15, -0.1) is 0 Å². The molecule has 0 saturated heterocycles. The van der Waals surface area contributed by atoms with Gasteiger partial charge in [-0.25, -0.2) is 4.39 Å². The number of aliphatic imine (C=N–C) groups is 1. The van der Waals surface area contributed by atoms with E-state index >= 15 is 0 Å². The fourth-order valence-electron chi connectivity index (χ4n) is 2.84. The standard InChI is InChI=1S/C19H20FN3OS/c1-12-6-7-16(20)15(10-12)17(24)22-14-5-3-4-13(11-14)19(2)8-9-25-18(21)23-19/h3-7,10-11H,8-9H2,1-2H3,(H2,21,23)(H,22,24). The molecule has 0 aromatic heterocycles. The van der Waals surface area contributed by atoms with E-state index in [2.05, 4.69) is 10.3 Å². The zero-order chi connectivity index (χ0) is 18.0. The summed E-state index contributed by atoms with van der Waals surface area (Å²) in [6, 6.07) is 12.0. The predicted molar refractivity (Wildman–Crippen MR) is 102 cm³/mol. The Bertz CT molecular complexity index is 852. The number of amidine groups is 1. The third kappa shape index (κ3) is 3.85. The number of carbonyl (C=O) groups excluding carboxylic acids is 1. The zero-order valence-electron chi connectivity index (χ0n) is 14.2. The Balaban J connectivity index is 1.86. The van der Waals surface area contributed by atoms with Gasteiger partial charge in [0.25, 0.3) is 5.91 Å². The molecular weight excluding hydrogens is 337 g/mol. The first kappa shape index (κ1) is 17.5. The normalized spacial score (nSPS) is 20.0. The van der Waals surface area contributed by atoms with Crippen LogP contribution in [0.4, 0.5) is 10.1 Å². The monoisotopic (exact) mass is 357 g/mol. The second-order valence-corrected chi connectivity index (χ2v) is 7.46. The minimum Gasteiger partial charge on any atom is -0.379 e. The van der Waals surface area contributed by atoms with Crippen molar-refractivity contribution in [2.75, 3.05) is 11.1 Å². The molecule has 3 N–H and O–H groups in total. The molecule has 130 valence electrons. The Labute approximate surface area is 150 Å². The van der Waals surface area contributed by atoms with E-state index < -0.39 is 17.3 Å². The van der Waals surface area contributed by atoms with Gasteiger partial charge in [0.05, 0.1) is 11.1 Å². The van der Waals surface area contributed by atoms with Crippen molar-refractivity contribution in [3.8, 4) is 0 Å². The van der Waals surface area contributed by atoms with Gasteiger partial charge in [0.2, 0.25) is 0 Å². The van der Waals surface area contributed by atoms with E-state index in [9.17, 15) is 9.18 Å². The number of thioether (sulfide) groups is 1. The lowest BCUT2D eigenvalue weighted by Crippen LogP contribution is -2.28. The second-order valence-electron chi connectivity index (χ2n) is 6.34. The number of anilines is 1. The summed E-state index contributed by atoms with van der Waals surface area (Å²) in [5.74, 6) is -0.102. The van der Waals surface area contributed by atoms with Gasteiger partial charge in [0, 0.05) is 11.4 Å². The lowest BCUT2D eigenvalue weighted by atomic mass is 9.89. The van der Waals surface area contributed by atoms with E-state index in [0.29, 0.717) is 10.9 Å². The molecule has 1 unspecified atom stereocenters. The molecule has 2 aromatic rings. The molecule has 0 fully saturated rings. The van der Waals surface area contributed by atoms with Crippen molar-refractivity contribution in [1.82, 2.24) is 0 Å². The molecule has 1 aliphatic heterocycles. The number of hydrogen-bond acceptors (Lipinski definition) is 4. The third-order valence-corrected chi connectivity index (χ3v) is 5.10. The summed E-state index contributed by atoms with van der Waals surface area (Å²) in [4.78, 5) is 17.0. The van der Waals surface area contributed by atoms with Crippen LogP contribution in [0, 0.1) is 12.7 Å². The molecule has 6 heteroatoms. The van der Waals surface area contributed by atoms with E-state index in [1.165, 1.54) is 6.07 Å². The van der Waals surface area contributed by atoms with Crippen molar-refractivity contribution >= 4 is 28.5 Å². The van der Waals surface area contributed by atoms with Crippen molar-refractivity contribution in [3.05, 3.63) is 65.0 Å². The van der Waals surface area contributed by atoms with Gasteiger partial charge in [-0.1, -0.05) is 35.5 Å². The van der Waals surface area contributed by atoms with Crippen LogP contribution < -0.4 is 11.1 Å². The summed E-state index contributed by atoms with van der Waals surface area (Å²) in [5, 5.41) is 3.34. The van der Waals surface area contributed by atoms with Crippen molar-refractivity contribution in [1.29, 1.82) is 0 Å². The van der Waals surface area contributed by atoms with E-state index in [4.69, 9.17) is 5.73 Å². The van der Waals surface area contributed by atoms with Gasteiger partial charge in [0.15, 0.2) is 5.17 Å². The highest BCUT2D eigenvalue weighted by Gasteiger charge is 2.29. The Morgan fingerprint density at radius 3 is 2.88 bits per heavy atom. The largest absolute Gasteiger partial charge is 0.379 e. The molecule has 1 amide bonds. The van der Waals surface area contributed by atoms with Crippen LogP contribution in [0.5, 0.6) is 0 Å². The first-order valence-electron chi connectivity index (χ1n) is 8.03. The Morgan fingerprint density at radius 1 is 1.32 bits per heavy atom. The fraction of sp³-hybridized carbons (Fsp3) is 0.263. The molecule has 0 bridgehead atoms. The van der Waals surface area contributed by atoms with Crippen LogP contribution in [0.25, 0.3) is 0 Å². The summed E-state index contributed by atoms with van der Waals surface area (Å²) < 4.78 is 13.9. The number of halogens is 1. The number of amides is 1. The highest BCUT2D eigenvalue weighted by Crippen LogP contribution is 2.35. The van der Waals surface area contributed by atoms with Crippen molar-refractivity contribution in [2.24, 2.45) is 10.7 Å². The highest BCUT2D eigenvalue weighted by atomic mass is 32.2. The molecule has 0 spiro atoms. The van der Waals surface area contributed by atoms with E-state index in [1.807, 2.05) is 32.0 Å². The lowest BCUT2D eigenvalue weighted by Gasteiger charge is -2.30. The summed E-state index contributed by atoms with van der Waals surface area (Å²) in [6.07, 6.45) is 0.863. The minimum absolute atomic E-state index is 0.0351. The molecular formula is C19H20FN3OS. The van der Waals surface area contributed by atoms with Crippen LogP contribution in [0.3, 0.4) is 0 Å². The van der Waals surface area contributed by atoms with E-state index in [1.54, 1.807) is 30.0 Å². The van der Waals surface area contributed by atoms with E-state index in [-0.39, 0.29) is 5.56 Å². The quantitative estimate of drug-likeness (QED) is 0.871. The summed E-state index contributed by atoms with van der Waals surface area (Å²) in [5.41, 5.74) is 7.91. The Morgan fingerprint density at radius 2 is 2.12 bits per heavy atom. The minimum atomic E-state index is -0.534. The predicted octanol–water partition coefficient (Wildman–Crippen LogP) is 4.05. The van der Waals surface area contributed by atoms with Crippen LogP contribution in [0.15, 0.2) is 47.5 Å². The number of aryl methyl sites for hydroxylation is 1. The average molecular weight is 357 g/mol. The molecule has 1 aliphatic rings. The third-order valence-electron chi connectivity index (χ3n) is 4.30. The summed E-state index contributed by atoms with van der Waals surface area (Å²) in [7, 11) is 0. The number of rotatable bonds is 3. The van der Waals surface area contributed by atoms with Gasteiger partial charge in [-0.2, -0.15) is 0 Å². The van der Waals surface area contributed by atoms with Crippen LogP contribution in [-0.4, -0.2) is 16.8 Å². The SMILES string of the molecule is Cc1ccc(F)c(C(=O)Nc2cccc(C3(C)CCSC(N)=N3)c2)c1. The van der Waals surface area contributed by atoms with Crippen molar-refractivity contribution < 1.29 is 9.18 Å². The number of hydrogen-bond donors (Lipinski definition) is 2. The molecule has 4 nitrogen and oxygen atoms in total.